The van der Waals surface area contributed by atoms with Crippen molar-refractivity contribution < 1.29 is 13.9 Å². The first-order valence-electron chi connectivity index (χ1n) is 3.97. The number of hydrogen-bond donors (Lipinski definition) is 2. The quantitative estimate of drug-likeness (QED) is 0.879. The molecule has 3 N–H and O–H groups in total. The second-order valence-electron chi connectivity index (χ2n) is 2.95. The van der Waals surface area contributed by atoms with Gasteiger partial charge in [0.1, 0.15) is 6.61 Å². The molecule has 1 atom stereocenters. The Hall–Kier alpha value is -0.520. The third-order valence-electron chi connectivity index (χ3n) is 1.89. The molecule has 0 saturated heterocycles. The molecule has 0 fully saturated rings. The highest BCUT2D eigenvalue weighted by atomic mass is 79.9. The van der Waals surface area contributed by atoms with Crippen LogP contribution in [0.1, 0.15) is 11.6 Å². The van der Waals surface area contributed by atoms with Gasteiger partial charge in [-0.25, -0.2) is 8.78 Å². The maximum Gasteiger partial charge on any atom is 0.289 e. The molecule has 0 aliphatic heterocycles. The second-order valence-corrected chi connectivity index (χ2v) is 3.86. The third-order valence-corrected chi connectivity index (χ3v) is 2.42. The highest BCUT2D eigenvalue weighted by Gasteiger charge is 2.37. The van der Waals surface area contributed by atoms with Crippen LogP contribution in [0, 0.1) is 0 Å². The Morgan fingerprint density at radius 2 is 1.86 bits per heavy atom. The molecule has 0 aromatic heterocycles. The minimum absolute atomic E-state index is 0.298. The van der Waals surface area contributed by atoms with E-state index in [0.29, 0.717) is 5.56 Å². The molecule has 2 nitrogen and oxygen atoms in total. The van der Waals surface area contributed by atoms with E-state index in [1.54, 1.807) is 12.1 Å². The van der Waals surface area contributed by atoms with E-state index >= 15 is 0 Å². The lowest BCUT2D eigenvalue weighted by atomic mass is 10.0. The zero-order valence-corrected chi connectivity index (χ0v) is 8.84. The average molecular weight is 266 g/mol. The maximum absolute atomic E-state index is 12.9. The third kappa shape index (κ3) is 2.50. The Balaban J connectivity index is 2.89. The van der Waals surface area contributed by atoms with Crippen molar-refractivity contribution in [3.63, 3.8) is 0 Å². The van der Waals surface area contributed by atoms with E-state index in [1.165, 1.54) is 12.1 Å². The van der Waals surface area contributed by atoms with Crippen LogP contribution < -0.4 is 5.73 Å². The van der Waals surface area contributed by atoms with Crippen molar-refractivity contribution in [1.82, 2.24) is 0 Å². The van der Waals surface area contributed by atoms with Crippen LogP contribution in [0.15, 0.2) is 28.7 Å². The average Bonchev–Trinajstić information content (AvgIpc) is 2.18. The zero-order valence-electron chi connectivity index (χ0n) is 7.25. The largest absolute Gasteiger partial charge is 0.390 e. The summed E-state index contributed by atoms with van der Waals surface area (Å²) in [6.45, 7) is -1.25. The number of hydrogen-bond acceptors (Lipinski definition) is 2. The summed E-state index contributed by atoms with van der Waals surface area (Å²) in [7, 11) is 0. The summed E-state index contributed by atoms with van der Waals surface area (Å²) in [6, 6.07) is 4.78. The summed E-state index contributed by atoms with van der Waals surface area (Å²) < 4.78 is 26.7. The fourth-order valence-electron chi connectivity index (χ4n) is 1.01. The topological polar surface area (TPSA) is 46.2 Å². The van der Waals surface area contributed by atoms with Crippen molar-refractivity contribution in [1.29, 1.82) is 0 Å². The van der Waals surface area contributed by atoms with Crippen LogP contribution in [0.4, 0.5) is 8.78 Å². The summed E-state index contributed by atoms with van der Waals surface area (Å²) in [5.41, 5.74) is 5.61. The van der Waals surface area contributed by atoms with Crippen LogP contribution in [0.3, 0.4) is 0 Å². The van der Waals surface area contributed by atoms with E-state index in [-0.39, 0.29) is 0 Å². The van der Waals surface area contributed by atoms with Crippen LogP contribution in [0.2, 0.25) is 0 Å². The van der Waals surface area contributed by atoms with Crippen molar-refractivity contribution in [2.45, 2.75) is 12.0 Å². The van der Waals surface area contributed by atoms with Gasteiger partial charge >= 0.3 is 0 Å². The monoisotopic (exact) mass is 265 g/mol. The fraction of sp³-hybridized carbons (Fsp3) is 0.333. The van der Waals surface area contributed by atoms with E-state index in [9.17, 15) is 8.78 Å². The molecule has 78 valence electrons. The maximum atomic E-state index is 12.9. The van der Waals surface area contributed by atoms with Gasteiger partial charge in [0.25, 0.3) is 5.92 Å². The molecule has 0 spiro atoms. The zero-order chi connectivity index (χ0) is 10.8. The van der Waals surface area contributed by atoms with Gasteiger partial charge in [0.05, 0.1) is 6.04 Å². The SMILES string of the molecule is NC(c1ccc(Br)cc1)C(F)(F)CO. The summed E-state index contributed by atoms with van der Waals surface area (Å²) in [5, 5.41) is 8.44. The van der Waals surface area contributed by atoms with Gasteiger partial charge in [-0.1, -0.05) is 28.1 Å². The van der Waals surface area contributed by atoms with Crippen molar-refractivity contribution in [3.05, 3.63) is 34.3 Å². The lowest BCUT2D eigenvalue weighted by molar-refractivity contribution is -0.0711. The first-order valence-corrected chi connectivity index (χ1v) is 4.76. The summed E-state index contributed by atoms with van der Waals surface area (Å²) in [5.74, 6) is -3.28. The first-order chi connectivity index (χ1) is 6.47. The van der Waals surface area contributed by atoms with Crippen molar-refractivity contribution >= 4 is 15.9 Å². The first kappa shape index (κ1) is 11.6. The minimum atomic E-state index is -3.28. The normalized spacial score (nSPS) is 14.1. The molecule has 5 heteroatoms. The Morgan fingerprint density at radius 3 is 2.29 bits per heavy atom. The number of alkyl halides is 2. The predicted molar refractivity (Wildman–Crippen MR) is 53.1 cm³/mol. The number of aliphatic hydroxyl groups is 1. The molecule has 0 aliphatic rings. The lowest BCUT2D eigenvalue weighted by Crippen LogP contribution is -2.36. The van der Waals surface area contributed by atoms with Crippen LogP contribution >= 0.6 is 15.9 Å². The standard InChI is InChI=1S/C9H10BrF2NO/c10-7-3-1-6(2-4-7)8(13)9(11,12)5-14/h1-4,8,14H,5,13H2. The van der Waals surface area contributed by atoms with Crippen LogP contribution in [-0.2, 0) is 0 Å². The van der Waals surface area contributed by atoms with Gasteiger partial charge < -0.3 is 10.8 Å². The number of rotatable bonds is 3. The Kier molecular flexibility index (Phi) is 3.58. The molecule has 14 heavy (non-hydrogen) atoms. The van der Waals surface area contributed by atoms with Crippen LogP contribution in [-0.4, -0.2) is 17.6 Å². The molecule has 1 aromatic carbocycles. The van der Waals surface area contributed by atoms with E-state index in [2.05, 4.69) is 15.9 Å². The van der Waals surface area contributed by atoms with Crippen molar-refractivity contribution in [3.8, 4) is 0 Å². The molecule has 0 saturated carbocycles. The Bertz CT molecular complexity index is 302. The summed E-state index contributed by atoms with van der Waals surface area (Å²) in [6.07, 6.45) is 0. The van der Waals surface area contributed by atoms with E-state index in [0.717, 1.165) is 4.47 Å². The highest BCUT2D eigenvalue weighted by Crippen LogP contribution is 2.29. The number of aliphatic hydroxyl groups excluding tert-OH is 1. The van der Waals surface area contributed by atoms with E-state index in [1.807, 2.05) is 0 Å². The van der Waals surface area contributed by atoms with Crippen molar-refractivity contribution in [2.24, 2.45) is 5.73 Å². The van der Waals surface area contributed by atoms with Crippen LogP contribution in [0.5, 0.6) is 0 Å². The van der Waals surface area contributed by atoms with Gasteiger partial charge in [-0.05, 0) is 17.7 Å². The number of benzene rings is 1. The number of nitrogens with two attached hydrogens (primary N) is 1. The molecular formula is C9H10BrF2NO. The fourth-order valence-corrected chi connectivity index (χ4v) is 1.28. The second kappa shape index (κ2) is 4.33. The molecule has 0 heterocycles. The lowest BCUT2D eigenvalue weighted by Gasteiger charge is -2.21. The van der Waals surface area contributed by atoms with E-state index < -0.39 is 18.6 Å². The molecule has 1 unspecified atom stereocenters. The van der Waals surface area contributed by atoms with Crippen LogP contribution in [0.25, 0.3) is 0 Å². The van der Waals surface area contributed by atoms with Gasteiger partial charge in [0.15, 0.2) is 0 Å². The van der Waals surface area contributed by atoms with Gasteiger partial charge in [-0.2, -0.15) is 0 Å². The Labute approximate surface area is 88.9 Å². The molecule has 1 rings (SSSR count). The van der Waals surface area contributed by atoms with Gasteiger partial charge in [-0.15, -0.1) is 0 Å². The molecule has 0 radical (unpaired) electrons. The van der Waals surface area contributed by atoms with Gasteiger partial charge in [0, 0.05) is 4.47 Å². The summed E-state index contributed by atoms with van der Waals surface area (Å²) >= 11 is 3.18. The molecule has 1 aromatic rings. The smallest absolute Gasteiger partial charge is 0.289 e. The predicted octanol–water partition coefficient (Wildman–Crippen LogP) is 2.08. The highest BCUT2D eigenvalue weighted by molar-refractivity contribution is 9.10. The molecule has 0 amide bonds. The molecule has 0 bridgehead atoms. The van der Waals surface area contributed by atoms with Gasteiger partial charge in [0.2, 0.25) is 0 Å². The molecule has 0 aliphatic carbocycles. The molecular weight excluding hydrogens is 256 g/mol. The van der Waals surface area contributed by atoms with Crippen molar-refractivity contribution in [2.75, 3.05) is 6.61 Å². The Morgan fingerprint density at radius 1 is 1.36 bits per heavy atom. The minimum Gasteiger partial charge on any atom is -0.390 e. The number of halogens is 3. The summed E-state index contributed by atoms with van der Waals surface area (Å²) in [4.78, 5) is 0. The van der Waals surface area contributed by atoms with E-state index in [4.69, 9.17) is 10.8 Å². The van der Waals surface area contributed by atoms with Gasteiger partial charge in [-0.3, -0.25) is 0 Å².